The minimum atomic E-state index is -1.11. The molecular formula is C32H28Cl2N4O6. The molecule has 12 heteroatoms. The number of methoxy groups -OCH3 is 2. The molecule has 4 aromatic rings. The van der Waals surface area contributed by atoms with Crippen LogP contribution in [0.15, 0.2) is 60.7 Å². The molecule has 0 spiro atoms. The van der Waals surface area contributed by atoms with Crippen molar-refractivity contribution in [2.45, 2.75) is 25.4 Å². The number of amides is 2. The van der Waals surface area contributed by atoms with Gasteiger partial charge in [0.15, 0.2) is 6.29 Å². The number of rotatable bonds is 10. The molecule has 0 radical (unpaired) electrons. The molecule has 10 nitrogen and oxygen atoms in total. The van der Waals surface area contributed by atoms with E-state index in [0.29, 0.717) is 73.9 Å². The molecular weight excluding hydrogens is 607 g/mol. The minimum absolute atomic E-state index is 0.0287. The lowest BCUT2D eigenvalue weighted by Crippen LogP contribution is -2.41. The smallest absolute Gasteiger partial charge is 0.407 e. The zero-order valence-electron chi connectivity index (χ0n) is 23.8. The first-order valence-corrected chi connectivity index (χ1v) is 14.4. The van der Waals surface area contributed by atoms with Crippen LogP contribution in [0, 0.1) is 0 Å². The SMILES string of the molecule is COc1nc(-c2cccc(-c3cccc(-c4ccc(CN(C[C@@H]5CCC(=O)N5)C(=O)O)c(OC)n4)c3Cl)c2Cl)ccc1C=O. The summed E-state index contributed by atoms with van der Waals surface area (Å²) >= 11 is 13.9. The summed E-state index contributed by atoms with van der Waals surface area (Å²) in [6.45, 7) is 0.185. The van der Waals surface area contributed by atoms with Crippen molar-refractivity contribution in [3.63, 3.8) is 0 Å². The fourth-order valence-electron chi connectivity index (χ4n) is 5.14. The van der Waals surface area contributed by atoms with Crippen LogP contribution in [-0.2, 0) is 11.3 Å². The van der Waals surface area contributed by atoms with Gasteiger partial charge in [0, 0.05) is 46.8 Å². The summed E-state index contributed by atoms with van der Waals surface area (Å²) in [5.41, 5.74) is 4.51. The van der Waals surface area contributed by atoms with E-state index in [-0.39, 0.29) is 36.8 Å². The number of nitrogens with one attached hydrogen (secondary N) is 1. The fourth-order valence-corrected chi connectivity index (χ4v) is 5.79. The second kappa shape index (κ2) is 13.3. The summed E-state index contributed by atoms with van der Waals surface area (Å²) in [5, 5.41) is 13.4. The highest BCUT2D eigenvalue weighted by atomic mass is 35.5. The van der Waals surface area contributed by atoms with Gasteiger partial charge in [-0.05, 0) is 30.7 Å². The molecule has 5 rings (SSSR count). The van der Waals surface area contributed by atoms with Gasteiger partial charge in [0.2, 0.25) is 17.7 Å². The first-order valence-electron chi connectivity index (χ1n) is 13.6. The Hall–Kier alpha value is -4.67. The monoisotopic (exact) mass is 634 g/mol. The van der Waals surface area contributed by atoms with E-state index in [2.05, 4.69) is 15.3 Å². The van der Waals surface area contributed by atoms with Crippen molar-refractivity contribution in [3.8, 4) is 45.4 Å². The number of ether oxygens (including phenoxy) is 2. The molecule has 1 saturated heterocycles. The molecule has 44 heavy (non-hydrogen) atoms. The number of benzene rings is 2. The number of carbonyl (C=O) groups is 3. The average Bonchev–Trinajstić information content (AvgIpc) is 3.45. The third-order valence-electron chi connectivity index (χ3n) is 7.34. The average molecular weight is 636 g/mol. The van der Waals surface area contributed by atoms with Gasteiger partial charge in [-0.1, -0.05) is 59.6 Å². The molecule has 1 fully saturated rings. The summed E-state index contributed by atoms with van der Waals surface area (Å²) in [4.78, 5) is 45.2. The van der Waals surface area contributed by atoms with Gasteiger partial charge in [-0.2, -0.15) is 0 Å². The second-order valence-corrected chi connectivity index (χ2v) is 10.8. The summed E-state index contributed by atoms with van der Waals surface area (Å²) in [5.74, 6) is 0.366. The summed E-state index contributed by atoms with van der Waals surface area (Å²) < 4.78 is 10.8. The highest BCUT2D eigenvalue weighted by Crippen LogP contribution is 2.42. The lowest BCUT2D eigenvalue weighted by Gasteiger charge is -2.23. The first-order chi connectivity index (χ1) is 21.2. The van der Waals surface area contributed by atoms with Gasteiger partial charge in [0.1, 0.15) is 0 Å². The second-order valence-electron chi connectivity index (χ2n) is 10.1. The van der Waals surface area contributed by atoms with Crippen molar-refractivity contribution in [1.82, 2.24) is 20.2 Å². The van der Waals surface area contributed by atoms with Crippen LogP contribution in [0.2, 0.25) is 10.0 Å². The number of halogens is 2. The lowest BCUT2D eigenvalue weighted by atomic mass is 9.98. The van der Waals surface area contributed by atoms with Crippen LogP contribution in [0.4, 0.5) is 4.79 Å². The Kier molecular flexibility index (Phi) is 9.32. The number of hydrogen-bond donors (Lipinski definition) is 2. The van der Waals surface area contributed by atoms with E-state index >= 15 is 0 Å². The standard InChI is InChI=1S/C32H28Cl2N4O6/c1-43-30-18(15-38(32(41)42)16-20-11-14-27(40)35-20)9-12-25(36-30)23-7-3-5-21(28(23)33)22-6-4-8-24(29(22)34)26-13-10-19(17-39)31(37-26)44-2/h3-10,12-13,17,20H,11,14-16H2,1-2H3,(H,35,40)(H,41,42)/t20-/m0/s1. The number of hydrogen-bond acceptors (Lipinski definition) is 7. The molecule has 1 atom stereocenters. The van der Waals surface area contributed by atoms with Gasteiger partial charge in [-0.25, -0.2) is 14.8 Å². The van der Waals surface area contributed by atoms with Gasteiger partial charge < -0.3 is 24.8 Å². The molecule has 2 aromatic heterocycles. The summed E-state index contributed by atoms with van der Waals surface area (Å²) in [7, 11) is 2.91. The van der Waals surface area contributed by atoms with Gasteiger partial charge in [0.05, 0.1) is 47.8 Å². The molecule has 0 saturated carbocycles. The quantitative estimate of drug-likeness (QED) is 0.192. The molecule has 0 bridgehead atoms. The minimum Gasteiger partial charge on any atom is -0.481 e. The Labute approximate surface area is 263 Å². The molecule has 3 heterocycles. The van der Waals surface area contributed by atoms with Crippen molar-refractivity contribution in [1.29, 1.82) is 0 Å². The van der Waals surface area contributed by atoms with E-state index in [1.165, 1.54) is 19.1 Å². The Morgan fingerprint density at radius 3 is 2.02 bits per heavy atom. The molecule has 0 aliphatic carbocycles. The van der Waals surface area contributed by atoms with Crippen molar-refractivity contribution < 1.29 is 29.0 Å². The van der Waals surface area contributed by atoms with Crippen molar-refractivity contribution in [2.75, 3.05) is 20.8 Å². The van der Waals surface area contributed by atoms with Crippen LogP contribution in [0.1, 0.15) is 28.8 Å². The Balaban J connectivity index is 1.46. The third-order valence-corrected chi connectivity index (χ3v) is 8.15. The maximum atomic E-state index is 12.0. The molecule has 1 aliphatic heterocycles. The van der Waals surface area contributed by atoms with Crippen LogP contribution in [-0.4, -0.2) is 65.1 Å². The molecule has 0 unspecified atom stereocenters. The molecule has 226 valence electrons. The summed E-state index contributed by atoms with van der Waals surface area (Å²) in [6, 6.07) is 17.6. The Morgan fingerprint density at radius 1 is 0.932 bits per heavy atom. The molecule has 1 aliphatic rings. The topological polar surface area (TPSA) is 131 Å². The maximum Gasteiger partial charge on any atom is 0.407 e. The number of aldehydes is 1. The van der Waals surface area contributed by atoms with E-state index in [9.17, 15) is 19.5 Å². The van der Waals surface area contributed by atoms with E-state index in [0.717, 1.165) is 0 Å². The molecule has 2 N–H and O–H groups in total. The Bertz CT molecular complexity index is 1750. The maximum absolute atomic E-state index is 12.0. The van der Waals surface area contributed by atoms with Gasteiger partial charge in [0.25, 0.3) is 0 Å². The van der Waals surface area contributed by atoms with E-state index in [1.807, 2.05) is 36.4 Å². The van der Waals surface area contributed by atoms with E-state index < -0.39 is 6.09 Å². The highest BCUT2D eigenvalue weighted by molar-refractivity contribution is 6.39. The number of carbonyl (C=O) groups excluding carboxylic acids is 2. The predicted molar refractivity (Wildman–Crippen MR) is 166 cm³/mol. The summed E-state index contributed by atoms with van der Waals surface area (Å²) in [6.07, 6.45) is 0.525. The largest absolute Gasteiger partial charge is 0.481 e. The number of aromatic nitrogens is 2. The molecule has 2 aromatic carbocycles. The van der Waals surface area contributed by atoms with Gasteiger partial charge in [-0.3, -0.25) is 9.59 Å². The normalized spacial score (nSPS) is 14.2. The first kappa shape index (κ1) is 30.8. The van der Waals surface area contributed by atoms with Crippen LogP contribution in [0.3, 0.4) is 0 Å². The number of pyridine rings is 2. The van der Waals surface area contributed by atoms with E-state index in [4.69, 9.17) is 32.7 Å². The highest BCUT2D eigenvalue weighted by Gasteiger charge is 2.26. The third kappa shape index (κ3) is 6.31. The van der Waals surface area contributed by atoms with Gasteiger partial charge >= 0.3 is 6.09 Å². The van der Waals surface area contributed by atoms with Crippen LogP contribution >= 0.6 is 23.2 Å². The van der Waals surface area contributed by atoms with Crippen molar-refractivity contribution in [3.05, 3.63) is 81.8 Å². The zero-order chi connectivity index (χ0) is 31.4. The lowest BCUT2D eigenvalue weighted by molar-refractivity contribution is -0.119. The van der Waals surface area contributed by atoms with Crippen molar-refractivity contribution >= 4 is 41.5 Å². The number of carboxylic acid groups (broad SMARTS) is 1. The van der Waals surface area contributed by atoms with Crippen LogP contribution in [0.25, 0.3) is 33.6 Å². The van der Waals surface area contributed by atoms with Crippen LogP contribution in [0.5, 0.6) is 11.8 Å². The van der Waals surface area contributed by atoms with Gasteiger partial charge in [-0.15, -0.1) is 0 Å². The number of nitrogens with zero attached hydrogens (tertiary/aromatic N) is 3. The van der Waals surface area contributed by atoms with Crippen molar-refractivity contribution in [2.24, 2.45) is 0 Å². The Morgan fingerprint density at radius 2 is 1.50 bits per heavy atom. The predicted octanol–water partition coefficient (Wildman–Crippen LogP) is 6.37. The zero-order valence-corrected chi connectivity index (χ0v) is 25.4. The molecule has 2 amide bonds. The van der Waals surface area contributed by atoms with Crippen LogP contribution < -0.4 is 14.8 Å². The fraction of sp³-hybridized carbons (Fsp3) is 0.219. The van der Waals surface area contributed by atoms with E-state index in [1.54, 1.807) is 24.3 Å².